The number of hydrogen-bond acceptors (Lipinski definition) is 3. The normalized spacial score (nSPS) is 12.5. The minimum Gasteiger partial charge on any atom is -0.309 e. The molecule has 0 unspecified atom stereocenters. The predicted molar refractivity (Wildman–Crippen MR) is 337 cm³/mol. The molecule has 0 aliphatic carbocycles. The molecule has 0 N–H and O–H groups in total. The van der Waals surface area contributed by atoms with Gasteiger partial charge in [0.1, 0.15) is 0 Å². The maximum absolute atomic E-state index is 8.04. The van der Waals surface area contributed by atoms with E-state index < -0.39 is 0 Å². The van der Waals surface area contributed by atoms with E-state index in [4.69, 9.17) is 21.5 Å². The molecule has 0 saturated carbocycles. The van der Waals surface area contributed by atoms with Gasteiger partial charge in [0, 0.05) is 38.2 Å². The van der Waals surface area contributed by atoms with E-state index in [9.17, 15) is 0 Å². The maximum atomic E-state index is 8.04. The third-order valence-electron chi connectivity index (χ3n) is 16.0. The van der Waals surface area contributed by atoms with Crippen molar-refractivity contribution in [1.82, 2.24) is 24.1 Å². The molecule has 0 radical (unpaired) electrons. The molecule has 0 saturated heterocycles. The molecule has 12 rings (SSSR count). The number of aromatic nitrogens is 5. The van der Waals surface area contributed by atoms with Crippen LogP contribution in [0.3, 0.4) is 0 Å². The Labute approximate surface area is 471 Å². The lowest BCUT2D eigenvalue weighted by molar-refractivity contribution is 0.590. The van der Waals surface area contributed by atoms with Gasteiger partial charge in [0.05, 0.1) is 45.6 Å². The average molecular weight is 1040 g/mol. The van der Waals surface area contributed by atoms with E-state index in [0.29, 0.717) is 23.2 Å². The maximum Gasteiger partial charge on any atom is 0.187 e. The summed E-state index contributed by atoms with van der Waals surface area (Å²) in [5.74, 6) is 1.71. The minimum atomic E-state index is -0.0764. The zero-order valence-electron chi connectivity index (χ0n) is 48.2. The van der Waals surface area contributed by atoms with Gasteiger partial charge >= 0.3 is 0 Å². The highest BCUT2D eigenvalue weighted by molar-refractivity contribution is 6.12. The summed E-state index contributed by atoms with van der Waals surface area (Å²) in [6, 6.07) is 70.1. The number of fused-ring (bicyclic) bond motifs is 6. The number of nitrogens with zero attached hydrogens (tertiary/aromatic N) is 6. The van der Waals surface area contributed by atoms with Gasteiger partial charge in [-0.25, -0.2) is 19.8 Å². The first kappa shape index (κ1) is 51.8. The van der Waals surface area contributed by atoms with E-state index in [1.807, 2.05) is 54.6 Å². The number of benzene rings is 9. The molecule has 80 heavy (non-hydrogen) atoms. The van der Waals surface area contributed by atoms with Gasteiger partial charge in [0.15, 0.2) is 23.2 Å². The van der Waals surface area contributed by atoms with E-state index >= 15 is 0 Å². The molecule has 0 spiro atoms. The second-order valence-electron chi connectivity index (χ2n) is 25.7. The highest BCUT2D eigenvalue weighted by atomic mass is 15.1. The van der Waals surface area contributed by atoms with Crippen molar-refractivity contribution in [2.75, 3.05) is 0 Å². The van der Waals surface area contributed by atoms with Gasteiger partial charge in [0.2, 0.25) is 0 Å². The number of rotatable bonds is 7. The Balaban J connectivity index is 1.26. The molecule has 6 heteroatoms. The van der Waals surface area contributed by atoms with Crippen LogP contribution in [0.5, 0.6) is 0 Å². The third-order valence-corrected chi connectivity index (χ3v) is 16.0. The summed E-state index contributed by atoms with van der Waals surface area (Å²) in [5, 5.41) is 4.80. The van der Waals surface area contributed by atoms with Crippen LogP contribution in [-0.4, -0.2) is 24.1 Å². The first-order valence-electron chi connectivity index (χ1n) is 28.0. The minimum absolute atomic E-state index is 0.0660. The van der Waals surface area contributed by atoms with Crippen molar-refractivity contribution >= 4 is 49.3 Å². The van der Waals surface area contributed by atoms with Crippen LogP contribution in [0.4, 0.5) is 5.69 Å². The first-order chi connectivity index (χ1) is 38.1. The first-order valence-corrected chi connectivity index (χ1v) is 28.0. The Morgan fingerprint density at radius 2 is 0.713 bits per heavy atom. The summed E-state index contributed by atoms with van der Waals surface area (Å²) in [7, 11) is 0. The fourth-order valence-electron chi connectivity index (χ4n) is 11.4. The van der Waals surface area contributed by atoms with Crippen LogP contribution in [-0.2, 0) is 21.7 Å². The molecule has 0 amide bonds. The Bertz CT molecular complexity index is 4240. The second kappa shape index (κ2) is 19.2. The monoisotopic (exact) mass is 1040 g/mol. The van der Waals surface area contributed by atoms with Gasteiger partial charge in [0.25, 0.3) is 0 Å². The fraction of sp³-hybridized carbons (Fsp3) is 0.216. The highest BCUT2D eigenvalue weighted by Crippen LogP contribution is 2.47. The summed E-state index contributed by atoms with van der Waals surface area (Å²) in [5.41, 5.74) is 18.3. The van der Waals surface area contributed by atoms with Crippen molar-refractivity contribution in [3.8, 4) is 67.8 Å². The van der Waals surface area contributed by atoms with Crippen LogP contribution in [0.15, 0.2) is 194 Å². The van der Waals surface area contributed by atoms with E-state index in [2.05, 4.69) is 237 Å². The molecule has 0 bridgehead atoms. The van der Waals surface area contributed by atoms with E-state index in [1.54, 1.807) is 0 Å². The summed E-state index contributed by atoms with van der Waals surface area (Å²) in [6.07, 6.45) is 0. The molecule has 6 nitrogen and oxygen atoms in total. The Kier molecular flexibility index (Phi) is 12.4. The molecule has 0 aliphatic rings. The van der Waals surface area contributed by atoms with Gasteiger partial charge in [-0.1, -0.05) is 204 Å². The molecule has 0 fully saturated rings. The van der Waals surface area contributed by atoms with Crippen molar-refractivity contribution in [2.24, 2.45) is 0 Å². The predicted octanol–water partition coefficient (Wildman–Crippen LogP) is 20.1. The Morgan fingerprint density at radius 1 is 0.325 bits per heavy atom. The Hall–Kier alpha value is -8.92. The quantitative estimate of drug-likeness (QED) is 0.150. The molecule has 12 aromatic rings. The lowest BCUT2D eigenvalue weighted by Gasteiger charge is -2.22. The smallest absolute Gasteiger partial charge is 0.187 e. The zero-order valence-corrected chi connectivity index (χ0v) is 48.2. The van der Waals surface area contributed by atoms with Gasteiger partial charge < -0.3 is 9.13 Å². The summed E-state index contributed by atoms with van der Waals surface area (Å²) in [4.78, 5) is 20.3. The van der Waals surface area contributed by atoms with Crippen LogP contribution in [0.25, 0.3) is 116 Å². The molecule has 3 heterocycles. The van der Waals surface area contributed by atoms with E-state index in [0.717, 1.165) is 72.4 Å². The molecule has 0 aliphatic heterocycles. The molecule has 9 aromatic carbocycles. The largest absolute Gasteiger partial charge is 0.309 e. The van der Waals surface area contributed by atoms with Crippen LogP contribution in [0, 0.1) is 6.57 Å². The zero-order chi connectivity index (χ0) is 56.0. The summed E-state index contributed by atoms with van der Waals surface area (Å²) >= 11 is 0. The van der Waals surface area contributed by atoms with Crippen molar-refractivity contribution in [2.45, 2.75) is 105 Å². The summed E-state index contributed by atoms with van der Waals surface area (Å²) in [6.45, 7) is 35.5. The molecule has 0 atom stereocenters. The van der Waals surface area contributed by atoms with E-state index in [1.165, 1.54) is 43.8 Å². The lowest BCUT2D eigenvalue weighted by atomic mass is 9.85. The standard InChI is InChI=1S/C74H68N6/c1-71(2,3)50-31-36-62-57(42-50)58-43-51(72(4,5)6)32-37-63(58)79(62)61-35-30-49(48-26-20-27-54(40-48)75-13)41-56(61)55-28-21-29-66(67(55)70-77-68(46-22-16-14-17-23-46)76-69(78-70)47-24-18-15-19-25-47)80-64-38-33-52(73(7,8)9)44-59(64)60-45-53(74(10,11)12)34-39-65(60)80/h14-45H,1-12H3. The van der Waals surface area contributed by atoms with Crippen molar-refractivity contribution in [1.29, 1.82) is 0 Å². The second-order valence-corrected chi connectivity index (χ2v) is 25.7. The van der Waals surface area contributed by atoms with Gasteiger partial charge in [-0.05, 0) is 133 Å². The fourth-order valence-corrected chi connectivity index (χ4v) is 11.4. The van der Waals surface area contributed by atoms with Crippen LogP contribution in [0.2, 0.25) is 0 Å². The SMILES string of the molecule is [C-]#[N+]c1cccc(-c2ccc(-n3c4ccc(C(C)(C)C)cc4c4cc(C(C)(C)C)ccc43)c(-c3cccc(-n4c5ccc(C(C)(C)C)cc5c5cc(C(C)(C)C)ccc54)c3-c3nc(-c4ccccc4)nc(-c4ccccc4)n3)c2)c1. The highest BCUT2D eigenvalue weighted by Gasteiger charge is 2.28. The van der Waals surface area contributed by atoms with Gasteiger partial charge in [-0.2, -0.15) is 0 Å². The van der Waals surface area contributed by atoms with Crippen molar-refractivity contribution in [3.63, 3.8) is 0 Å². The molecular weight excluding hydrogens is 973 g/mol. The number of hydrogen-bond donors (Lipinski definition) is 0. The van der Waals surface area contributed by atoms with Crippen LogP contribution >= 0.6 is 0 Å². The Morgan fingerprint density at radius 3 is 1.14 bits per heavy atom. The van der Waals surface area contributed by atoms with Crippen molar-refractivity contribution in [3.05, 3.63) is 228 Å². The molecule has 394 valence electrons. The van der Waals surface area contributed by atoms with Crippen molar-refractivity contribution < 1.29 is 0 Å². The molecule has 3 aromatic heterocycles. The van der Waals surface area contributed by atoms with Gasteiger partial charge in [-0.15, -0.1) is 0 Å². The third kappa shape index (κ3) is 9.25. The molecular formula is C74H68N6. The average Bonchev–Trinajstić information content (AvgIpc) is 4.19. The summed E-state index contributed by atoms with van der Waals surface area (Å²) < 4.78 is 4.91. The van der Waals surface area contributed by atoms with Crippen LogP contribution < -0.4 is 0 Å². The lowest BCUT2D eigenvalue weighted by Crippen LogP contribution is -2.10. The van der Waals surface area contributed by atoms with Gasteiger partial charge in [-0.3, -0.25) is 0 Å². The van der Waals surface area contributed by atoms with Crippen LogP contribution in [0.1, 0.15) is 105 Å². The topological polar surface area (TPSA) is 52.9 Å². The van der Waals surface area contributed by atoms with E-state index in [-0.39, 0.29) is 21.7 Å².